The third kappa shape index (κ3) is 41.2. The molecule has 0 amide bonds. The van der Waals surface area contributed by atoms with E-state index in [9.17, 15) is 14.4 Å². The second kappa shape index (κ2) is 42.9. The maximum atomic E-state index is 12.7. The van der Waals surface area contributed by atoms with Crippen molar-refractivity contribution in [3.05, 3.63) is 12.2 Å². The van der Waals surface area contributed by atoms with Crippen LogP contribution in [0.25, 0.3) is 0 Å². The van der Waals surface area contributed by atoms with Crippen LogP contribution in [0.3, 0.4) is 0 Å². The van der Waals surface area contributed by atoms with Gasteiger partial charge in [0.05, 0.1) is 0 Å². The zero-order chi connectivity index (χ0) is 38.7. The van der Waals surface area contributed by atoms with Crippen molar-refractivity contribution in [2.24, 2.45) is 0 Å². The molecule has 0 spiro atoms. The van der Waals surface area contributed by atoms with Crippen LogP contribution in [-0.4, -0.2) is 37.2 Å². The fourth-order valence-corrected chi connectivity index (χ4v) is 6.73. The van der Waals surface area contributed by atoms with E-state index in [4.69, 9.17) is 14.2 Å². The molecule has 0 fully saturated rings. The molecule has 0 aliphatic carbocycles. The maximum Gasteiger partial charge on any atom is 0.306 e. The second-order valence-corrected chi connectivity index (χ2v) is 15.7. The first-order valence-electron chi connectivity index (χ1n) is 23.2. The predicted molar refractivity (Wildman–Crippen MR) is 224 cm³/mol. The van der Waals surface area contributed by atoms with Gasteiger partial charge in [-0.3, -0.25) is 14.4 Å². The molecule has 0 aromatic carbocycles. The Morgan fingerprint density at radius 1 is 0.358 bits per heavy atom. The van der Waals surface area contributed by atoms with E-state index in [2.05, 4.69) is 32.9 Å². The lowest BCUT2D eigenvalue weighted by molar-refractivity contribution is -0.167. The average Bonchev–Trinajstić information content (AvgIpc) is 3.15. The zero-order valence-electron chi connectivity index (χ0n) is 35.6. The zero-order valence-corrected chi connectivity index (χ0v) is 35.6. The highest BCUT2D eigenvalue weighted by Gasteiger charge is 2.19. The molecule has 0 saturated heterocycles. The molecule has 0 aliphatic rings. The topological polar surface area (TPSA) is 78.9 Å². The predicted octanol–water partition coefficient (Wildman–Crippen LogP) is 14.6. The van der Waals surface area contributed by atoms with Crippen LogP contribution in [0.4, 0.5) is 0 Å². The molecule has 0 aromatic rings. The molecule has 0 radical (unpaired) electrons. The maximum absolute atomic E-state index is 12.7. The SMILES string of the molecule is CCCCCCC/C=C\CCCCCCCC(=O)OC(COC(=O)CCCCCCC)COC(=O)CCCCCCCCCCCCCCCCCC. The lowest BCUT2D eigenvalue weighted by atomic mass is 10.0. The standard InChI is InChI=1S/C47H88O6/c1-4-7-10-13-15-17-19-21-23-24-26-27-29-31-34-37-40-46(49)52-43-44(42-51-45(48)39-36-33-12-9-6-3)53-47(50)41-38-35-32-30-28-25-22-20-18-16-14-11-8-5-2/h20,22,44H,4-19,21,23-43H2,1-3H3/b22-20-. The largest absolute Gasteiger partial charge is 0.462 e. The summed E-state index contributed by atoms with van der Waals surface area (Å²) in [6.07, 6.45) is 45.1. The van der Waals surface area contributed by atoms with E-state index >= 15 is 0 Å². The lowest BCUT2D eigenvalue weighted by Gasteiger charge is -2.18. The van der Waals surface area contributed by atoms with Crippen LogP contribution < -0.4 is 0 Å². The molecular formula is C47H88O6. The molecule has 0 rings (SSSR count). The van der Waals surface area contributed by atoms with Gasteiger partial charge in [0.2, 0.25) is 0 Å². The van der Waals surface area contributed by atoms with Gasteiger partial charge in [0.25, 0.3) is 0 Å². The van der Waals surface area contributed by atoms with Crippen molar-refractivity contribution in [3.63, 3.8) is 0 Å². The van der Waals surface area contributed by atoms with Crippen molar-refractivity contribution < 1.29 is 28.6 Å². The number of esters is 3. The van der Waals surface area contributed by atoms with E-state index < -0.39 is 6.10 Å². The van der Waals surface area contributed by atoms with Crippen LogP contribution in [0, 0.1) is 0 Å². The average molecular weight is 749 g/mol. The van der Waals surface area contributed by atoms with Crippen LogP contribution in [0.1, 0.15) is 252 Å². The molecule has 6 nitrogen and oxygen atoms in total. The Bertz CT molecular complexity index is 824. The molecule has 0 N–H and O–H groups in total. The summed E-state index contributed by atoms with van der Waals surface area (Å²) in [6, 6.07) is 0. The van der Waals surface area contributed by atoms with E-state index in [1.807, 2.05) is 0 Å². The van der Waals surface area contributed by atoms with Gasteiger partial charge < -0.3 is 14.2 Å². The van der Waals surface area contributed by atoms with E-state index in [0.717, 1.165) is 70.6 Å². The highest BCUT2D eigenvalue weighted by Crippen LogP contribution is 2.15. The number of ether oxygens (including phenoxy) is 3. The Hall–Kier alpha value is -1.85. The second-order valence-electron chi connectivity index (χ2n) is 15.7. The Kier molecular flexibility index (Phi) is 41.4. The number of unbranched alkanes of at least 4 members (excludes halogenated alkanes) is 29. The minimum absolute atomic E-state index is 0.0700. The highest BCUT2D eigenvalue weighted by atomic mass is 16.6. The molecule has 0 aromatic heterocycles. The Labute approximate surface area is 329 Å². The first-order valence-corrected chi connectivity index (χ1v) is 23.2. The van der Waals surface area contributed by atoms with Gasteiger partial charge >= 0.3 is 17.9 Å². The normalized spacial score (nSPS) is 12.0. The summed E-state index contributed by atoms with van der Waals surface area (Å²) in [7, 11) is 0. The van der Waals surface area contributed by atoms with Gasteiger partial charge in [0.1, 0.15) is 13.2 Å². The van der Waals surface area contributed by atoms with E-state index in [0.29, 0.717) is 19.3 Å². The van der Waals surface area contributed by atoms with Crippen molar-refractivity contribution in [1.82, 2.24) is 0 Å². The van der Waals surface area contributed by atoms with E-state index in [1.54, 1.807) is 0 Å². The summed E-state index contributed by atoms with van der Waals surface area (Å²) in [5, 5.41) is 0. The quantitative estimate of drug-likeness (QED) is 0.0268. The molecule has 53 heavy (non-hydrogen) atoms. The summed E-state index contributed by atoms with van der Waals surface area (Å²) in [4.78, 5) is 37.5. The first-order chi connectivity index (χ1) is 26.0. The van der Waals surface area contributed by atoms with Crippen LogP contribution in [0.2, 0.25) is 0 Å². The monoisotopic (exact) mass is 749 g/mol. The molecule has 6 heteroatoms. The van der Waals surface area contributed by atoms with Crippen molar-refractivity contribution in [2.75, 3.05) is 13.2 Å². The minimum Gasteiger partial charge on any atom is -0.462 e. The summed E-state index contributed by atoms with van der Waals surface area (Å²) in [5.41, 5.74) is 0. The summed E-state index contributed by atoms with van der Waals surface area (Å²) in [5.74, 6) is -0.884. The van der Waals surface area contributed by atoms with Gasteiger partial charge in [-0.1, -0.05) is 200 Å². The summed E-state index contributed by atoms with van der Waals surface area (Å²) in [6.45, 7) is 6.55. The van der Waals surface area contributed by atoms with Crippen LogP contribution in [-0.2, 0) is 28.6 Å². The minimum atomic E-state index is -0.764. The van der Waals surface area contributed by atoms with Crippen molar-refractivity contribution in [3.8, 4) is 0 Å². The van der Waals surface area contributed by atoms with Crippen LogP contribution in [0.15, 0.2) is 12.2 Å². The molecule has 312 valence electrons. The highest BCUT2D eigenvalue weighted by molar-refractivity contribution is 5.71. The third-order valence-electron chi connectivity index (χ3n) is 10.3. The van der Waals surface area contributed by atoms with E-state index in [-0.39, 0.29) is 31.1 Å². The summed E-state index contributed by atoms with van der Waals surface area (Å²) < 4.78 is 16.6. The number of carbonyl (C=O) groups excluding carboxylic acids is 3. The Morgan fingerprint density at radius 2 is 0.623 bits per heavy atom. The van der Waals surface area contributed by atoms with Crippen LogP contribution >= 0.6 is 0 Å². The van der Waals surface area contributed by atoms with Crippen molar-refractivity contribution >= 4 is 17.9 Å². The molecular weight excluding hydrogens is 661 g/mol. The van der Waals surface area contributed by atoms with Gasteiger partial charge in [-0.15, -0.1) is 0 Å². The van der Waals surface area contributed by atoms with Gasteiger partial charge in [0.15, 0.2) is 6.10 Å². The fourth-order valence-electron chi connectivity index (χ4n) is 6.73. The first kappa shape index (κ1) is 51.1. The van der Waals surface area contributed by atoms with Gasteiger partial charge in [0, 0.05) is 19.3 Å². The number of rotatable bonds is 42. The molecule has 0 heterocycles. The van der Waals surface area contributed by atoms with Gasteiger partial charge in [-0.05, 0) is 44.9 Å². The Morgan fingerprint density at radius 3 is 0.943 bits per heavy atom. The van der Waals surface area contributed by atoms with Gasteiger partial charge in [-0.25, -0.2) is 0 Å². The molecule has 0 saturated carbocycles. The number of hydrogen-bond donors (Lipinski definition) is 0. The number of allylic oxidation sites excluding steroid dienone is 2. The van der Waals surface area contributed by atoms with Crippen molar-refractivity contribution in [1.29, 1.82) is 0 Å². The lowest BCUT2D eigenvalue weighted by Crippen LogP contribution is -2.30. The Balaban J connectivity index is 4.18. The molecule has 0 aliphatic heterocycles. The smallest absolute Gasteiger partial charge is 0.306 e. The van der Waals surface area contributed by atoms with Crippen molar-refractivity contribution in [2.45, 2.75) is 258 Å². The number of hydrogen-bond acceptors (Lipinski definition) is 6. The third-order valence-corrected chi connectivity index (χ3v) is 10.3. The summed E-state index contributed by atoms with van der Waals surface area (Å²) >= 11 is 0. The van der Waals surface area contributed by atoms with Crippen LogP contribution in [0.5, 0.6) is 0 Å². The molecule has 0 bridgehead atoms. The van der Waals surface area contributed by atoms with E-state index in [1.165, 1.54) is 141 Å². The molecule has 1 atom stereocenters. The fraction of sp³-hybridized carbons (Fsp3) is 0.894. The molecule has 1 unspecified atom stereocenters. The van der Waals surface area contributed by atoms with Gasteiger partial charge in [-0.2, -0.15) is 0 Å². The number of carbonyl (C=O) groups is 3.